The molecule has 0 radical (unpaired) electrons. The molecule has 0 saturated carbocycles. The summed E-state index contributed by atoms with van der Waals surface area (Å²) in [5.41, 5.74) is 1.09. The summed E-state index contributed by atoms with van der Waals surface area (Å²) in [5, 5.41) is 0. The second-order valence-electron chi connectivity index (χ2n) is 9.59. The van der Waals surface area contributed by atoms with Crippen LogP contribution in [0.1, 0.15) is 61.5 Å². The van der Waals surface area contributed by atoms with Crippen molar-refractivity contribution in [3.63, 3.8) is 0 Å². The lowest BCUT2D eigenvalue weighted by atomic mass is 9.80. The lowest BCUT2D eigenvalue weighted by molar-refractivity contribution is 0.00585. The van der Waals surface area contributed by atoms with E-state index in [1.807, 2.05) is 18.2 Å². The first kappa shape index (κ1) is 22.0. The van der Waals surface area contributed by atoms with E-state index in [2.05, 4.69) is 20.8 Å². The summed E-state index contributed by atoms with van der Waals surface area (Å²) in [6.07, 6.45) is 1.10. The van der Waals surface area contributed by atoms with Crippen LogP contribution in [-0.4, -0.2) is 37.2 Å². The van der Waals surface area contributed by atoms with Crippen molar-refractivity contribution in [2.45, 2.75) is 56.8 Å². The van der Waals surface area contributed by atoms with Crippen LogP contribution in [-0.2, 0) is 21.2 Å². The number of rotatable bonds is 3. The number of fused-ring (bicyclic) bond motifs is 1. The van der Waals surface area contributed by atoms with Crippen molar-refractivity contribution in [1.29, 1.82) is 0 Å². The highest BCUT2D eigenvalue weighted by Gasteiger charge is 2.45. The molecule has 31 heavy (non-hydrogen) atoms. The second-order valence-corrected chi connectivity index (χ2v) is 11.6. The van der Waals surface area contributed by atoms with E-state index < -0.39 is 21.4 Å². The summed E-state index contributed by atoms with van der Waals surface area (Å²) in [5.74, 6) is -0.279. The Morgan fingerprint density at radius 1 is 1.10 bits per heavy atom. The molecule has 1 saturated heterocycles. The van der Waals surface area contributed by atoms with Crippen LogP contribution in [0.4, 0.5) is 4.39 Å². The van der Waals surface area contributed by atoms with Gasteiger partial charge in [-0.05, 0) is 29.2 Å². The lowest BCUT2D eigenvalue weighted by Crippen LogP contribution is -2.52. The van der Waals surface area contributed by atoms with Crippen molar-refractivity contribution in [3.05, 3.63) is 65.0 Å². The Morgan fingerprint density at radius 2 is 1.77 bits per heavy atom. The van der Waals surface area contributed by atoms with Crippen LogP contribution in [0.15, 0.2) is 42.5 Å². The Balaban J connectivity index is 1.48. The molecule has 0 aliphatic carbocycles. The van der Waals surface area contributed by atoms with Gasteiger partial charge in [0.15, 0.2) is 5.78 Å². The molecule has 1 fully saturated rings. The molecule has 0 N–H and O–H groups in total. The van der Waals surface area contributed by atoms with E-state index >= 15 is 0 Å². The number of carbonyl (C=O) groups is 1. The Morgan fingerprint density at radius 3 is 2.42 bits per heavy atom. The highest BCUT2D eigenvalue weighted by atomic mass is 32.2. The average molecular weight is 446 g/mol. The molecule has 2 aliphatic heterocycles. The molecule has 0 bridgehead atoms. The maximum absolute atomic E-state index is 13.9. The number of hydrogen-bond acceptors (Lipinski definition) is 4. The number of ether oxygens (including phenoxy) is 1. The maximum Gasteiger partial charge on any atom is 0.218 e. The van der Waals surface area contributed by atoms with E-state index in [0.717, 1.165) is 5.56 Å². The number of ketones is 1. The molecule has 4 rings (SSSR count). The van der Waals surface area contributed by atoms with Crippen molar-refractivity contribution in [2.75, 3.05) is 13.1 Å². The van der Waals surface area contributed by atoms with Gasteiger partial charge in [-0.2, -0.15) is 0 Å². The first-order valence-electron chi connectivity index (χ1n) is 10.6. The van der Waals surface area contributed by atoms with Gasteiger partial charge in [0.1, 0.15) is 17.2 Å². The first-order valence-corrected chi connectivity index (χ1v) is 12.2. The predicted molar refractivity (Wildman–Crippen MR) is 117 cm³/mol. The summed E-state index contributed by atoms with van der Waals surface area (Å²) >= 11 is 0. The zero-order valence-electron chi connectivity index (χ0n) is 18.2. The van der Waals surface area contributed by atoms with Gasteiger partial charge in [0.05, 0.1) is 17.7 Å². The first-order chi connectivity index (χ1) is 14.5. The van der Waals surface area contributed by atoms with E-state index in [1.54, 1.807) is 6.07 Å². The largest absolute Gasteiger partial charge is 0.486 e. The smallest absolute Gasteiger partial charge is 0.218 e. The third-order valence-corrected chi connectivity index (χ3v) is 8.11. The number of piperidine rings is 1. The third kappa shape index (κ3) is 4.39. The third-order valence-electron chi connectivity index (χ3n) is 6.28. The van der Waals surface area contributed by atoms with Gasteiger partial charge < -0.3 is 4.74 Å². The Hall–Kier alpha value is -2.25. The van der Waals surface area contributed by atoms with Gasteiger partial charge in [-0.3, -0.25) is 4.79 Å². The predicted octanol–water partition coefficient (Wildman–Crippen LogP) is 4.45. The number of carbonyl (C=O) groups excluding carboxylic acids is 1. The van der Waals surface area contributed by atoms with Gasteiger partial charge >= 0.3 is 0 Å². The van der Waals surface area contributed by atoms with Crippen LogP contribution >= 0.6 is 0 Å². The molecule has 2 aromatic carbocycles. The van der Waals surface area contributed by atoms with E-state index in [4.69, 9.17) is 4.74 Å². The van der Waals surface area contributed by atoms with Gasteiger partial charge in [0.2, 0.25) is 10.0 Å². The molecule has 0 amide bonds. The molecule has 5 nitrogen and oxygen atoms in total. The quantitative estimate of drug-likeness (QED) is 0.700. The Labute approximate surface area is 183 Å². The Kier molecular flexibility index (Phi) is 5.46. The molecule has 2 heterocycles. The number of sulfonamides is 1. The van der Waals surface area contributed by atoms with Crippen LogP contribution in [0.5, 0.6) is 5.75 Å². The molecular formula is C24H28FNO4S. The number of Topliss-reactive ketones (excluding diaryl/α,β-unsaturated/α-hetero) is 1. The molecule has 1 spiro atoms. The standard InChI is InChI=1S/C24H28FNO4S/c1-23(2,3)18-8-9-22-19(14-18)21(27)15-24(30-22)10-12-26(13-11-24)31(28,29)16-17-6-4-5-7-20(17)25/h4-9,14H,10-13,15-16H2,1-3H3. The lowest BCUT2D eigenvalue weighted by Gasteiger charge is -2.43. The topological polar surface area (TPSA) is 63.7 Å². The van der Waals surface area contributed by atoms with Crippen molar-refractivity contribution >= 4 is 15.8 Å². The molecule has 0 atom stereocenters. The zero-order valence-corrected chi connectivity index (χ0v) is 19.0. The minimum Gasteiger partial charge on any atom is -0.486 e. The number of hydrogen-bond donors (Lipinski definition) is 0. The Bertz CT molecular complexity index is 1110. The normalized spacial score (nSPS) is 19.2. The van der Waals surface area contributed by atoms with Gasteiger partial charge in [-0.1, -0.05) is 45.0 Å². The van der Waals surface area contributed by atoms with E-state index in [-0.39, 0.29) is 42.0 Å². The minimum absolute atomic E-state index is 0.0370. The second kappa shape index (κ2) is 7.71. The van der Waals surface area contributed by atoms with Crippen LogP contribution in [0.25, 0.3) is 0 Å². The van der Waals surface area contributed by atoms with Gasteiger partial charge in [-0.15, -0.1) is 0 Å². The van der Waals surface area contributed by atoms with Crippen LogP contribution in [0.2, 0.25) is 0 Å². The van der Waals surface area contributed by atoms with Crippen LogP contribution < -0.4 is 4.74 Å². The molecule has 2 aromatic rings. The number of halogens is 1. The molecule has 166 valence electrons. The maximum atomic E-state index is 13.9. The molecule has 0 aromatic heterocycles. The van der Waals surface area contributed by atoms with Crippen molar-refractivity contribution in [1.82, 2.24) is 4.31 Å². The number of benzene rings is 2. The molecule has 7 heteroatoms. The zero-order chi connectivity index (χ0) is 22.4. The summed E-state index contributed by atoms with van der Waals surface area (Å²) in [4.78, 5) is 12.9. The highest BCUT2D eigenvalue weighted by molar-refractivity contribution is 7.88. The monoisotopic (exact) mass is 445 g/mol. The molecule has 2 aliphatic rings. The molecular weight excluding hydrogens is 417 g/mol. The van der Waals surface area contributed by atoms with Crippen LogP contribution in [0.3, 0.4) is 0 Å². The van der Waals surface area contributed by atoms with Gasteiger partial charge in [-0.25, -0.2) is 17.1 Å². The van der Waals surface area contributed by atoms with Crippen LogP contribution in [0, 0.1) is 5.82 Å². The fourth-order valence-corrected chi connectivity index (χ4v) is 5.86. The highest BCUT2D eigenvalue weighted by Crippen LogP contribution is 2.41. The fourth-order valence-electron chi connectivity index (χ4n) is 4.31. The van der Waals surface area contributed by atoms with Gasteiger partial charge in [0.25, 0.3) is 0 Å². The van der Waals surface area contributed by atoms with E-state index in [1.165, 1.54) is 22.5 Å². The summed E-state index contributed by atoms with van der Waals surface area (Å²) in [7, 11) is -3.66. The summed E-state index contributed by atoms with van der Waals surface area (Å²) in [6, 6.07) is 11.7. The fraction of sp³-hybridized carbons (Fsp3) is 0.458. The van der Waals surface area contributed by atoms with E-state index in [0.29, 0.717) is 24.2 Å². The van der Waals surface area contributed by atoms with Crippen molar-refractivity contribution in [3.8, 4) is 5.75 Å². The SMILES string of the molecule is CC(C)(C)c1ccc2c(c1)C(=O)CC1(CCN(S(=O)(=O)Cc3ccccc3F)CC1)O2. The van der Waals surface area contributed by atoms with Crippen molar-refractivity contribution < 1.29 is 22.3 Å². The number of nitrogens with zero attached hydrogens (tertiary/aromatic N) is 1. The van der Waals surface area contributed by atoms with E-state index in [9.17, 15) is 17.6 Å². The average Bonchev–Trinajstić information content (AvgIpc) is 2.69. The molecule has 0 unspecified atom stereocenters. The van der Waals surface area contributed by atoms with Gasteiger partial charge in [0, 0.05) is 31.5 Å². The van der Waals surface area contributed by atoms with Crippen molar-refractivity contribution in [2.24, 2.45) is 0 Å². The minimum atomic E-state index is -3.66. The summed E-state index contributed by atoms with van der Waals surface area (Å²) in [6.45, 7) is 6.80. The summed E-state index contributed by atoms with van der Waals surface area (Å²) < 4.78 is 47.2.